The normalized spacial score (nSPS) is 20.2. The van der Waals surface area contributed by atoms with Gasteiger partial charge in [0.1, 0.15) is 5.41 Å². The lowest BCUT2D eigenvalue weighted by Gasteiger charge is -2.25. The number of carbonyl (C=O) groups is 2. The number of hydrogen-bond acceptors (Lipinski definition) is 2. The molecule has 0 atom stereocenters. The predicted molar refractivity (Wildman–Crippen MR) is 86.5 cm³/mol. The summed E-state index contributed by atoms with van der Waals surface area (Å²) in [6.45, 7) is 2.01. The molecule has 3 rings (SSSR count). The second-order valence-electron chi connectivity index (χ2n) is 6.71. The Morgan fingerprint density at radius 3 is 2.23 bits per heavy atom. The minimum atomic E-state index is -0.831. The van der Waals surface area contributed by atoms with Crippen molar-refractivity contribution in [1.29, 1.82) is 0 Å². The van der Waals surface area contributed by atoms with Crippen molar-refractivity contribution in [3.8, 4) is 0 Å². The van der Waals surface area contributed by atoms with E-state index in [9.17, 15) is 9.59 Å². The minimum Gasteiger partial charge on any atom is -0.352 e. The topological polar surface area (TPSA) is 58.2 Å². The van der Waals surface area contributed by atoms with Crippen LogP contribution < -0.4 is 10.6 Å². The van der Waals surface area contributed by atoms with Crippen molar-refractivity contribution in [2.45, 2.75) is 57.9 Å². The Morgan fingerprint density at radius 1 is 1.00 bits per heavy atom. The van der Waals surface area contributed by atoms with Crippen LogP contribution in [0.15, 0.2) is 24.3 Å². The van der Waals surface area contributed by atoms with Crippen LogP contribution in [0.25, 0.3) is 0 Å². The molecule has 0 heterocycles. The summed E-state index contributed by atoms with van der Waals surface area (Å²) in [4.78, 5) is 25.0. The van der Waals surface area contributed by atoms with Crippen molar-refractivity contribution in [3.63, 3.8) is 0 Å². The third-order valence-corrected chi connectivity index (χ3v) is 4.87. The molecule has 0 saturated heterocycles. The lowest BCUT2D eigenvalue weighted by molar-refractivity contribution is -0.135. The van der Waals surface area contributed by atoms with E-state index in [1.54, 1.807) is 0 Å². The molecule has 0 radical (unpaired) electrons. The Morgan fingerprint density at radius 2 is 1.64 bits per heavy atom. The zero-order valence-corrected chi connectivity index (χ0v) is 13.2. The maximum atomic E-state index is 12.5. The molecule has 4 nitrogen and oxygen atoms in total. The van der Waals surface area contributed by atoms with Gasteiger partial charge in [-0.25, -0.2) is 0 Å². The third-order valence-electron chi connectivity index (χ3n) is 4.87. The van der Waals surface area contributed by atoms with Crippen LogP contribution in [-0.2, 0) is 9.59 Å². The molecule has 2 amide bonds. The van der Waals surface area contributed by atoms with Crippen molar-refractivity contribution in [1.82, 2.24) is 5.32 Å². The Kier molecular flexibility index (Phi) is 4.19. The number of amides is 2. The van der Waals surface area contributed by atoms with Crippen LogP contribution in [0.1, 0.15) is 50.5 Å². The molecule has 2 aliphatic rings. The summed E-state index contributed by atoms with van der Waals surface area (Å²) in [5.74, 6) is -0.242. The van der Waals surface area contributed by atoms with Gasteiger partial charge >= 0.3 is 0 Å². The third kappa shape index (κ3) is 3.16. The van der Waals surface area contributed by atoms with E-state index >= 15 is 0 Å². The van der Waals surface area contributed by atoms with E-state index in [4.69, 9.17) is 0 Å². The number of anilines is 1. The van der Waals surface area contributed by atoms with Crippen LogP contribution >= 0.6 is 0 Å². The summed E-state index contributed by atoms with van der Waals surface area (Å²) in [5, 5.41) is 5.99. The quantitative estimate of drug-likeness (QED) is 0.839. The first kappa shape index (κ1) is 15.1. The summed E-state index contributed by atoms with van der Waals surface area (Å²) in [7, 11) is 0. The molecule has 1 aromatic rings. The summed E-state index contributed by atoms with van der Waals surface area (Å²) in [5.41, 5.74) is 1.07. The Hall–Kier alpha value is -1.84. The van der Waals surface area contributed by atoms with Crippen molar-refractivity contribution in [2.75, 3.05) is 5.32 Å². The number of hydrogen-bond donors (Lipinski definition) is 2. The molecule has 0 bridgehead atoms. The predicted octanol–water partition coefficient (Wildman–Crippen LogP) is 3.16. The van der Waals surface area contributed by atoms with Gasteiger partial charge < -0.3 is 10.6 Å². The number of carbonyl (C=O) groups excluding carboxylic acids is 2. The van der Waals surface area contributed by atoms with E-state index < -0.39 is 5.41 Å². The van der Waals surface area contributed by atoms with Gasteiger partial charge in [0.15, 0.2) is 0 Å². The lowest BCUT2D eigenvalue weighted by atomic mass is 9.94. The van der Waals surface area contributed by atoms with Gasteiger partial charge in [-0.15, -0.1) is 0 Å². The van der Waals surface area contributed by atoms with Crippen LogP contribution in [0, 0.1) is 12.3 Å². The van der Waals surface area contributed by atoms with Crippen LogP contribution in [-0.4, -0.2) is 17.9 Å². The van der Waals surface area contributed by atoms with Gasteiger partial charge in [-0.1, -0.05) is 37.0 Å². The highest BCUT2D eigenvalue weighted by molar-refractivity contribution is 6.13. The number of benzene rings is 1. The van der Waals surface area contributed by atoms with E-state index in [1.165, 1.54) is 19.3 Å². The van der Waals surface area contributed by atoms with Gasteiger partial charge in [-0.05, 0) is 44.7 Å². The fourth-order valence-electron chi connectivity index (χ4n) is 3.14. The van der Waals surface area contributed by atoms with E-state index in [-0.39, 0.29) is 17.9 Å². The maximum absolute atomic E-state index is 12.5. The monoisotopic (exact) mass is 300 g/mol. The van der Waals surface area contributed by atoms with Crippen LogP contribution in [0.5, 0.6) is 0 Å². The molecule has 4 heteroatoms. The largest absolute Gasteiger partial charge is 0.352 e. The number of rotatable bonds is 4. The SMILES string of the molecule is Cc1ccc(NC(=O)C2(C(=O)NC3CCCCC3)CC2)cc1. The first-order valence-electron chi connectivity index (χ1n) is 8.29. The molecular formula is C18H24N2O2. The fraction of sp³-hybridized carbons (Fsp3) is 0.556. The highest BCUT2D eigenvalue weighted by atomic mass is 16.2. The molecule has 0 aromatic heterocycles. The van der Waals surface area contributed by atoms with E-state index in [2.05, 4.69) is 10.6 Å². The molecule has 118 valence electrons. The Bertz CT molecular complexity index is 555. The number of nitrogens with one attached hydrogen (secondary N) is 2. The van der Waals surface area contributed by atoms with Gasteiger partial charge in [0.25, 0.3) is 0 Å². The summed E-state index contributed by atoms with van der Waals surface area (Å²) >= 11 is 0. The van der Waals surface area contributed by atoms with Gasteiger partial charge in [-0.2, -0.15) is 0 Å². The summed E-state index contributed by atoms with van der Waals surface area (Å²) < 4.78 is 0. The van der Waals surface area contributed by atoms with Gasteiger partial charge in [0.05, 0.1) is 0 Å². The van der Waals surface area contributed by atoms with E-state index in [1.807, 2.05) is 31.2 Å². The number of aryl methyl sites for hydroxylation is 1. The van der Waals surface area contributed by atoms with Crippen LogP contribution in [0.2, 0.25) is 0 Å². The molecule has 0 unspecified atom stereocenters. The van der Waals surface area contributed by atoms with Crippen molar-refractivity contribution >= 4 is 17.5 Å². The lowest BCUT2D eigenvalue weighted by Crippen LogP contribution is -2.45. The van der Waals surface area contributed by atoms with Crippen molar-refractivity contribution in [3.05, 3.63) is 29.8 Å². The second-order valence-corrected chi connectivity index (χ2v) is 6.71. The molecular weight excluding hydrogens is 276 g/mol. The average molecular weight is 300 g/mol. The summed E-state index contributed by atoms with van der Waals surface area (Å²) in [6, 6.07) is 7.92. The smallest absolute Gasteiger partial charge is 0.240 e. The molecule has 2 saturated carbocycles. The van der Waals surface area contributed by atoms with E-state index in [0.717, 1.165) is 24.1 Å². The fourth-order valence-corrected chi connectivity index (χ4v) is 3.14. The first-order valence-corrected chi connectivity index (χ1v) is 8.29. The zero-order valence-electron chi connectivity index (χ0n) is 13.2. The maximum Gasteiger partial charge on any atom is 0.240 e. The van der Waals surface area contributed by atoms with Gasteiger partial charge in [0.2, 0.25) is 11.8 Å². The Labute approximate surface area is 131 Å². The average Bonchev–Trinajstić information content (AvgIpc) is 3.32. The standard InChI is InChI=1S/C18H24N2O2/c1-13-7-9-15(10-8-13)20-17(22)18(11-12-18)16(21)19-14-5-3-2-4-6-14/h7-10,14H,2-6,11-12H2,1H3,(H,19,21)(H,20,22). The molecule has 0 aliphatic heterocycles. The second kappa shape index (κ2) is 6.11. The minimum absolute atomic E-state index is 0.0796. The van der Waals surface area contributed by atoms with E-state index in [0.29, 0.717) is 12.8 Å². The van der Waals surface area contributed by atoms with Crippen LogP contribution in [0.4, 0.5) is 5.69 Å². The van der Waals surface area contributed by atoms with Gasteiger partial charge in [-0.3, -0.25) is 9.59 Å². The zero-order chi connectivity index (χ0) is 15.6. The van der Waals surface area contributed by atoms with Crippen molar-refractivity contribution in [2.24, 2.45) is 5.41 Å². The van der Waals surface area contributed by atoms with Crippen molar-refractivity contribution < 1.29 is 9.59 Å². The molecule has 1 aromatic carbocycles. The van der Waals surface area contributed by atoms with Gasteiger partial charge in [0, 0.05) is 11.7 Å². The molecule has 2 aliphatic carbocycles. The summed E-state index contributed by atoms with van der Waals surface area (Å²) in [6.07, 6.45) is 7.00. The highest BCUT2D eigenvalue weighted by Gasteiger charge is 2.56. The Balaban J connectivity index is 1.60. The molecule has 0 spiro atoms. The molecule has 2 N–H and O–H groups in total. The molecule has 2 fully saturated rings. The first-order chi connectivity index (χ1) is 10.6. The highest BCUT2D eigenvalue weighted by Crippen LogP contribution is 2.47. The molecule has 22 heavy (non-hydrogen) atoms. The van der Waals surface area contributed by atoms with Crippen LogP contribution in [0.3, 0.4) is 0 Å².